The molecule has 1 atom stereocenters. The van der Waals surface area contributed by atoms with Crippen molar-refractivity contribution < 1.29 is 13.9 Å². The molecule has 0 saturated carbocycles. The summed E-state index contributed by atoms with van der Waals surface area (Å²) in [6, 6.07) is 3.97. The lowest BCUT2D eigenvalue weighted by Crippen LogP contribution is -2.17. The highest BCUT2D eigenvalue weighted by Crippen LogP contribution is 2.18. The second kappa shape index (κ2) is 6.38. The normalized spacial score (nSPS) is 12.1. The van der Waals surface area contributed by atoms with E-state index in [2.05, 4.69) is 10.3 Å². The minimum Gasteiger partial charge on any atom is -0.469 e. The van der Waals surface area contributed by atoms with Crippen LogP contribution in [-0.4, -0.2) is 23.6 Å². The number of rotatable bonds is 6. The van der Waals surface area contributed by atoms with Crippen LogP contribution in [0.1, 0.15) is 30.1 Å². The fourth-order valence-corrected chi connectivity index (χ4v) is 2.42. The van der Waals surface area contributed by atoms with Gasteiger partial charge in [0, 0.05) is 17.8 Å². The van der Waals surface area contributed by atoms with Crippen LogP contribution in [0, 0.1) is 0 Å². The Bertz CT molecular complexity index is 522. The first kappa shape index (κ1) is 13.6. The zero-order valence-corrected chi connectivity index (χ0v) is 11.7. The van der Waals surface area contributed by atoms with Gasteiger partial charge in [-0.1, -0.05) is 0 Å². The van der Waals surface area contributed by atoms with Crippen molar-refractivity contribution in [3.8, 4) is 0 Å². The second-order valence-electron chi connectivity index (χ2n) is 4.09. The summed E-state index contributed by atoms with van der Waals surface area (Å²) in [5.41, 5.74) is 0.347. The number of anilines is 1. The number of ether oxygens (including phenoxy) is 1. The van der Waals surface area contributed by atoms with Crippen molar-refractivity contribution in [2.45, 2.75) is 26.3 Å². The van der Waals surface area contributed by atoms with Crippen LogP contribution in [0.4, 0.5) is 5.13 Å². The fourth-order valence-electron chi connectivity index (χ4n) is 1.63. The summed E-state index contributed by atoms with van der Waals surface area (Å²) in [6.45, 7) is 4.16. The molecule has 0 amide bonds. The van der Waals surface area contributed by atoms with E-state index in [1.165, 1.54) is 11.3 Å². The maximum atomic E-state index is 11.5. The first-order valence-electron chi connectivity index (χ1n) is 6.10. The smallest absolute Gasteiger partial charge is 0.357 e. The third-order valence-electron chi connectivity index (χ3n) is 2.45. The number of nitrogens with zero attached hydrogens (tertiary/aromatic N) is 1. The van der Waals surface area contributed by atoms with Gasteiger partial charge in [-0.05, 0) is 26.0 Å². The Morgan fingerprint density at radius 1 is 1.63 bits per heavy atom. The Morgan fingerprint density at radius 3 is 3.16 bits per heavy atom. The lowest BCUT2D eigenvalue weighted by atomic mass is 10.2. The summed E-state index contributed by atoms with van der Waals surface area (Å²) in [4.78, 5) is 15.7. The minimum absolute atomic E-state index is 0.173. The van der Waals surface area contributed by atoms with Crippen LogP contribution < -0.4 is 5.32 Å². The molecule has 0 aromatic carbocycles. The van der Waals surface area contributed by atoms with Crippen LogP contribution >= 0.6 is 11.3 Å². The number of nitrogens with one attached hydrogen (secondary N) is 1. The summed E-state index contributed by atoms with van der Waals surface area (Å²) in [5.74, 6) is 0.535. The predicted molar refractivity (Wildman–Crippen MR) is 73.6 cm³/mol. The monoisotopic (exact) mass is 280 g/mol. The first-order valence-corrected chi connectivity index (χ1v) is 6.98. The Hall–Kier alpha value is -1.82. The van der Waals surface area contributed by atoms with E-state index in [0.717, 1.165) is 12.2 Å². The molecule has 6 heteroatoms. The molecule has 2 aromatic rings. The number of hydrogen-bond donors (Lipinski definition) is 1. The van der Waals surface area contributed by atoms with Crippen LogP contribution in [0.15, 0.2) is 28.2 Å². The summed E-state index contributed by atoms with van der Waals surface area (Å²) in [5, 5.41) is 5.64. The molecule has 1 unspecified atom stereocenters. The van der Waals surface area contributed by atoms with Gasteiger partial charge in [0.15, 0.2) is 10.8 Å². The molecule has 0 radical (unpaired) electrons. The van der Waals surface area contributed by atoms with Gasteiger partial charge in [0.2, 0.25) is 0 Å². The fraction of sp³-hybridized carbons (Fsp3) is 0.385. The van der Waals surface area contributed by atoms with E-state index in [4.69, 9.17) is 9.15 Å². The predicted octanol–water partition coefficient (Wildman–Crippen LogP) is 2.96. The largest absolute Gasteiger partial charge is 0.469 e. The number of aromatic nitrogens is 1. The highest BCUT2D eigenvalue weighted by atomic mass is 32.1. The van der Waals surface area contributed by atoms with E-state index in [1.54, 1.807) is 18.6 Å². The molecular formula is C13H16N2O3S. The summed E-state index contributed by atoms with van der Waals surface area (Å²) in [6.07, 6.45) is 2.42. The number of furan rings is 1. The van der Waals surface area contributed by atoms with Crippen molar-refractivity contribution in [1.29, 1.82) is 0 Å². The number of hydrogen-bond acceptors (Lipinski definition) is 6. The maximum Gasteiger partial charge on any atom is 0.357 e. The van der Waals surface area contributed by atoms with Gasteiger partial charge < -0.3 is 14.5 Å². The standard InChI is InChI=1S/C13H16N2O3S/c1-3-17-12(16)11-8-19-13(15-11)14-9(2)7-10-5-4-6-18-10/h4-6,8-9H,3,7H2,1-2H3,(H,14,15). The Balaban J connectivity index is 1.90. The van der Waals surface area contributed by atoms with Gasteiger partial charge >= 0.3 is 5.97 Å². The van der Waals surface area contributed by atoms with Crippen LogP contribution in [0.3, 0.4) is 0 Å². The van der Waals surface area contributed by atoms with Crippen molar-refractivity contribution in [3.05, 3.63) is 35.2 Å². The quantitative estimate of drug-likeness (QED) is 0.824. The minimum atomic E-state index is -0.384. The average Bonchev–Trinajstić information content (AvgIpc) is 3.00. The Labute approximate surface area is 115 Å². The van der Waals surface area contributed by atoms with Crippen molar-refractivity contribution in [3.63, 3.8) is 0 Å². The second-order valence-corrected chi connectivity index (χ2v) is 4.95. The highest BCUT2D eigenvalue weighted by Gasteiger charge is 2.13. The maximum absolute atomic E-state index is 11.5. The molecule has 2 aromatic heterocycles. The lowest BCUT2D eigenvalue weighted by Gasteiger charge is -2.10. The highest BCUT2D eigenvalue weighted by molar-refractivity contribution is 7.13. The lowest BCUT2D eigenvalue weighted by molar-refractivity contribution is 0.0520. The van der Waals surface area contributed by atoms with Crippen LogP contribution in [-0.2, 0) is 11.2 Å². The van der Waals surface area contributed by atoms with Crippen LogP contribution in [0.5, 0.6) is 0 Å². The SMILES string of the molecule is CCOC(=O)c1csc(NC(C)Cc2ccco2)n1. The molecule has 0 aliphatic carbocycles. The van der Waals surface area contributed by atoms with Crippen molar-refractivity contribution in [2.75, 3.05) is 11.9 Å². The number of thiazole rings is 1. The van der Waals surface area contributed by atoms with E-state index in [9.17, 15) is 4.79 Å². The Morgan fingerprint density at radius 2 is 2.47 bits per heavy atom. The number of carbonyl (C=O) groups excluding carboxylic acids is 1. The van der Waals surface area contributed by atoms with E-state index < -0.39 is 0 Å². The summed E-state index contributed by atoms with van der Waals surface area (Å²) in [7, 11) is 0. The molecule has 0 saturated heterocycles. The molecule has 19 heavy (non-hydrogen) atoms. The molecule has 2 rings (SSSR count). The first-order chi connectivity index (χ1) is 9.19. The van der Waals surface area contributed by atoms with Gasteiger partial charge in [-0.25, -0.2) is 9.78 Å². The van der Waals surface area contributed by atoms with Gasteiger partial charge in [-0.15, -0.1) is 11.3 Å². The molecule has 0 aliphatic heterocycles. The summed E-state index contributed by atoms with van der Waals surface area (Å²) >= 11 is 1.39. The molecular weight excluding hydrogens is 264 g/mol. The van der Waals surface area contributed by atoms with Gasteiger partial charge in [0.25, 0.3) is 0 Å². The van der Waals surface area contributed by atoms with Crippen molar-refractivity contribution >= 4 is 22.4 Å². The molecule has 0 aliphatic rings. The zero-order chi connectivity index (χ0) is 13.7. The number of esters is 1. The molecule has 0 spiro atoms. The molecule has 102 valence electrons. The summed E-state index contributed by atoms with van der Waals surface area (Å²) < 4.78 is 10.2. The molecule has 0 fully saturated rings. The molecule has 1 N–H and O–H groups in total. The number of carbonyl (C=O) groups is 1. The zero-order valence-electron chi connectivity index (χ0n) is 10.9. The van der Waals surface area contributed by atoms with E-state index in [1.807, 2.05) is 19.1 Å². The Kier molecular flexibility index (Phi) is 4.57. The topological polar surface area (TPSA) is 64.4 Å². The van der Waals surface area contributed by atoms with Crippen LogP contribution in [0.2, 0.25) is 0 Å². The third-order valence-corrected chi connectivity index (χ3v) is 3.22. The molecule has 5 nitrogen and oxygen atoms in total. The van der Waals surface area contributed by atoms with Crippen molar-refractivity contribution in [1.82, 2.24) is 4.98 Å². The third kappa shape index (κ3) is 3.82. The van der Waals surface area contributed by atoms with Crippen LogP contribution in [0.25, 0.3) is 0 Å². The van der Waals surface area contributed by atoms with E-state index in [0.29, 0.717) is 17.4 Å². The van der Waals surface area contributed by atoms with Gasteiger partial charge in [0.1, 0.15) is 5.76 Å². The van der Waals surface area contributed by atoms with Gasteiger partial charge in [-0.2, -0.15) is 0 Å². The van der Waals surface area contributed by atoms with E-state index >= 15 is 0 Å². The molecule has 0 bridgehead atoms. The van der Waals surface area contributed by atoms with Gasteiger partial charge in [0.05, 0.1) is 12.9 Å². The van der Waals surface area contributed by atoms with E-state index in [-0.39, 0.29) is 12.0 Å². The van der Waals surface area contributed by atoms with Crippen molar-refractivity contribution in [2.24, 2.45) is 0 Å². The van der Waals surface area contributed by atoms with Gasteiger partial charge in [-0.3, -0.25) is 0 Å². The molecule has 2 heterocycles. The average molecular weight is 280 g/mol.